The molecular weight excluding hydrogens is 368 g/mol. The lowest BCUT2D eigenvalue weighted by Gasteiger charge is -2.20. The Balaban J connectivity index is 1.68. The molecule has 0 atom stereocenters. The molecule has 0 saturated heterocycles. The molecule has 0 heterocycles. The molecule has 2 amide bonds. The van der Waals surface area contributed by atoms with E-state index in [0.717, 1.165) is 0 Å². The fourth-order valence-electron chi connectivity index (χ4n) is 3.08. The first-order valence-electron chi connectivity index (χ1n) is 9.57. The van der Waals surface area contributed by atoms with Crippen molar-refractivity contribution in [1.82, 2.24) is 0 Å². The van der Waals surface area contributed by atoms with Gasteiger partial charge in [-0.1, -0.05) is 39.0 Å². The lowest BCUT2D eigenvalue weighted by Crippen LogP contribution is -2.35. The average molecular weight is 394 g/mol. The van der Waals surface area contributed by atoms with Crippen molar-refractivity contribution in [2.45, 2.75) is 39.0 Å². The molecule has 1 fully saturated rings. The monoisotopic (exact) mass is 394 g/mol. The van der Waals surface area contributed by atoms with Gasteiger partial charge < -0.3 is 15.4 Å². The summed E-state index contributed by atoms with van der Waals surface area (Å²) < 4.78 is 4.69. The summed E-state index contributed by atoms with van der Waals surface area (Å²) >= 11 is 0. The molecule has 2 aromatic rings. The van der Waals surface area contributed by atoms with Gasteiger partial charge in [0.1, 0.15) is 5.41 Å². The van der Waals surface area contributed by atoms with Crippen LogP contribution in [0, 0.1) is 5.41 Å². The quantitative estimate of drug-likeness (QED) is 0.590. The van der Waals surface area contributed by atoms with E-state index in [1.165, 1.54) is 18.7 Å². The van der Waals surface area contributed by atoms with Crippen LogP contribution in [-0.2, 0) is 19.7 Å². The predicted octanol–water partition coefficient (Wildman–Crippen LogP) is 4.13. The van der Waals surface area contributed by atoms with Gasteiger partial charge in [-0.2, -0.15) is 0 Å². The van der Waals surface area contributed by atoms with Crippen LogP contribution in [0.15, 0.2) is 48.5 Å². The van der Waals surface area contributed by atoms with Crippen LogP contribution in [0.4, 0.5) is 11.4 Å². The summed E-state index contributed by atoms with van der Waals surface area (Å²) in [6.07, 6.45) is 0.975. The lowest BCUT2D eigenvalue weighted by molar-refractivity contribution is -0.131. The molecule has 1 aliphatic carbocycles. The number of amides is 2. The Labute approximate surface area is 170 Å². The number of hydrogen-bond donors (Lipinski definition) is 2. The third kappa shape index (κ3) is 4.47. The summed E-state index contributed by atoms with van der Waals surface area (Å²) in [5, 5.41) is 5.61. The molecule has 0 radical (unpaired) electrons. The summed E-state index contributed by atoms with van der Waals surface area (Å²) in [4.78, 5) is 37.2. The van der Waals surface area contributed by atoms with Crippen LogP contribution in [-0.4, -0.2) is 24.9 Å². The van der Waals surface area contributed by atoms with Gasteiger partial charge in [-0.05, 0) is 54.2 Å². The Hall–Kier alpha value is -3.15. The van der Waals surface area contributed by atoms with E-state index in [1.807, 2.05) is 24.3 Å². The topological polar surface area (TPSA) is 84.5 Å². The minimum atomic E-state index is -1.08. The maximum Gasteiger partial charge on any atom is 0.337 e. The van der Waals surface area contributed by atoms with Gasteiger partial charge in [-0.25, -0.2) is 4.79 Å². The van der Waals surface area contributed by atoms with Crippen LogP contribution in [0.1, 0.15) is 49.5 Å². The smallest absolute Gasteiger partial charge is 0.337 e. The number of ether oxygens (including phenoxy) is 1. The highest BCUT2D eigenvalue weighted by Crippen LogP contribution is 2.47. The summed E-state index contributed by atoms with van der Waals surface area (Å²) in [5.41, 5.74) is 1.56. The molecule has 0 aromatic heterocycles. The molecule has 2 N–H and O–H groups in total. The number of methoxy groups -OCH3 is 1. The van der Waals surface area contributed by atoms with E-state index in [-0.39, 0.29) is 17.2 Å². The molecule has 0 bridgehead atoms. The van der Waals surface area contributed by atoms with Crippen molar-refractivity contribution in [3.63, 3.8) is 0 Å². The molecule has 6 heteroatoms. The van der Waals surface area contributed by atoms with Crippen molar-refractivity contribution in [1.29, 1.82) is 0 Å². The second kappa shape index (κ2) is 7.70. The van der Waals surface area contributed by atoms with E-state index in [9.17, 15) is 14.4 Å². The highest BCUT2D eigenvalue weighted by Gasteiger charge is 2.56. The van der Waals surface area contributed by atoms with Crippen LogP contribution in [0.25, 0.3) is 0 Å². The van der Waals surface area contributed by atoms with Crippen LogP contribution < -0.4 is 10.6 Å². The Morgan fingerprint density at radius 1 is 0.897 bits per heavy atom. The SMILES string of the molecule is COC(=O)c1cccc(NC(=O)C2(C(=O)Nc3ccc(C(C)(C)C)cc3)CC2)c1. The summed E-state index contributed by atoms with van der Waals surface area (Å²) in [6.45, 7) is 6.37. The average Bonchev–Trinajstić information content (AvgIpc) is 3.49. The predicted molar refractivity (Wildman–Crippen MR) is 112 cm³/mol. The molecule has 2 aromatic carbocycles. The van der Waals surface area contributed by atoms with Gasteiger partial charge in [0.05, 0.1) is 12.7 Å². The molecule has 6 nitrogen and oxygen atoms in total. The van der Waals surface area contributed by atoms with Crippen molar-refractivity contribution in [2.75, 3.05) is 17.7 Å². The van der Waals surface area contributed by atoms with Crippen molar-refractivity contribution < 1.29 is 19.1 Å². The van der Waals surface area contributed by atoms with Gasteiger partial charge >= 0.3 is 5.97 Å². The molecule has 152 valence electrons. The van der Waals surface area contributed by atoms with Gasteiger partial charge in [-0.15, -0.1) is 0 Å². The van der Waals surface area contributed by atoms with Crippen LogP contribution >= 0.6 is 0 Å². The molecule has 3 rings (SSSR count). The number of benzene rings is 2. The zero-order chi connectivity index (χ0) is 21.2. The van der Waals surface area contributed by atoms with E-state index >= 15 is 0 Å². The van der Waals surface area contributed by atoms with Crippen LogP contribution in [0.2, 0.25) is 0 Å². The minimum Gasteiger partial charge on any atom is -0.465 e. The van der Waals surface area contributed by atoms with Gasteiger partial charge in [0.2, 0.25) is 11.8 Å². The lowest BCUT2D eigenvalue weighted by atomic mass is 9.87. The minimum absolute atomic E-state index is 0.0267. The normalized spacial score (nSPS) is 14.6. The first-order valence-corrected chi connectivity index (χ1v) is 9.57. The molecular formula is C23H26N2O4. The Morgan fingerprint density at radius 3 is 2.00 bits per heavy atom. The summed E-state index contributed by atoms with van der Waals surface area (Å²) in [6, 6.07) is 14.1. The number of anilines is 2. The van der Waals surface area contributed by atoms with E-state index < -0.39 is 11.4 Å². The number of carbonyl (C=O) groups is 3. The number of esters is 1. The first kappa shape index (κ1) is 20.6. The van der Waals surface area contributed by atoms with Crippen LogP contribution in [0.5, 0.6) is 0 Å². The van der Waals surface area contributed by atoms with E-state index in [2.05, 4.69) is 31.4 Å². The maximum atomic E-state index is 12.8. The van der Waals surface area contributed by atoms with Crippen molar-refractivity contribution in [3.05, 3.63) is 59.7 Å². The number of carbonyl (C=O) groups excluding carboxylic acids is 3. The molecule has 1 aliphatic rings. The first-order chi connectivity index (χ1) is 13.7. The standard InChI is InChI=1S/C23H26N2O4/c1-22(2,3)16-8-10-17(11-9-16)24-20(27)23(12-13-23)21(28)25-18-7-5-6-15(14-18)19(26)29-4/h5-11,14H,12-13H2,1-4H3,(H,24,27)(H,25,28). The highest BCUT2D eigenvalue weighted by atomic mass is 16.5. The highest BCUT2D eigenvalue weighted by molar-refractivity contribution is 6.17. The Kier molecular flexibility index (Phi) is 5.46. The number of rotatable bonds is 5. The van der Waals surface area contributed by atoms with Crippen molar-refractivity contribution in [3.8, 4) is 0 Å². The molecule has 1 saturated carbocycles. The molecule has 0 unspecified atom stereocenters. The fraction of sp³-hybridized carbons (Fsp3) is 0.348. The number of hydrogen-bond acceptors (Lipinski definition) is 4. The van der Waals surface area contributed by atoms with E-state index in [4.69, 9.17) is 4.74 Å². The van der Waals surface area contributed by atoms with Crippen molar-refractivity contribution in [2.24, 2.45) is 5.41 Å². The molecule has 0 spiro atoms. The fourth-order valence-corrected chi connectivity index (χ4v) is 3.08. The summed E-state index contributed by atoms with van der Waals surface area (Å²) in [5.74, 6) is -1.18. The van der Waals surface area contributed by atoms with Gasteiger partial charge in [0, 0.05) is 11.4 Å². The van der Waals surface area contributed by atoms with E-state index in [0.29, 0.717) is 29.8 Å². The number of nitrogens with one attached hydrogen (secondary N) is 2. The molecule has 0 aliphatic heterocycles. The molecule has 29 heavy (non-hydrogen) atoms. The second-order valence-corrected chi connectivity index (χ2v) is 8.39. The third-order valence-corrected chi connectivity index (χ3v) is 5.17. The van der Waals surface area contributed by atoms with Crippen molar-refractivity contribution >= 4 is 29.2 Å². The van der Waals surface area contributed by atoms with Gasteiger partial charge in [-0.3, -0.25) is 9.59 Å². The zero-order valence-corrected chi connectivity index (χ0v) is 17.2. The van der Waals surface area contributed by atoms with E-state index in [1.54, 1.807) is 18.2 Å². The van der Waals surface area contributed by atoms with Gasteiger partial charge in [0.15, 0.2) is 0 Å². The maximum absolute atomic E-state index is 12.8. The Bertz CT molecular complexity index is 938. The zero-order valence-electron chi connectivity index (χ0n) is 17.2. The van der Waals surface area contributed by atoms with Gasteiger partial charge in [0.25, 0.3) is 0 Å². The second-order valence-electron chi connectivity index (χ2n) is 8.39. The Morgan fingerprint density at radius 2 is 1.48 bits per heavy atom. The summed E-state index contributed by atoms with van der Waals surface area (Å²) in [7, 11) is 1.30. The largest absolute Gasteiger partial charge is 0.465 e. The van der Waals surface area contributed by atoms with Crippen LogP contribution in [0.3, 0.4) is 0 Å². The third-order valence-electron chi connectivity index (χ3n) is 5.17.